The van der Waals surface area contributed by atoms with Crippen molar-refractivity contribution in [2.24, 2.45) is 0 Å². The number of pyridine rings is 1. The van der Waals surface area contributed by atoms with Gasteiger partial charge >= 0.3 is 0 Å². The van der Waals surface area contributed by atoms with Crippen LogP contribution in [0, 0.1) is 5.82 Å². The van der Waals surface area contributed by atoms with Gasteiger partial charge in [0.2, 0.25) is 0 Å². The second kappa shape index (κ2) is 7.95. The van der Waals surface area contributed by atoms with Crippen LogP contribution in [0.1, 0.15) is 5.56 Å². The molecule has 0 radical (unpaired) electrons. The molecule has 1 aromatic carbocycles. The van der Waals surface area contributed by atoms with Crippen LogP contribution >= 0.6 is 23.2 Å². The van der Waals surface area contributed by atoms with Crippen LogP contribution in [0.3, 0.4) is 0 Å². The Morgan fingerprint density at radius 2 is 2.08 bits per heavy atom. The van der Waals surface area contributed by atoms with E-state index in [2.05, 4.69) is 26.8 Å². The Morgan fingerprint density at radius 1 is 1.27 bits per heavy atom. The zero-order valence-electron chi connectivity index (χ0n) is 14.0. The number of likely N-dealkylation sites (N-methyl/N-ethyl adjacent to an activating group) is 1. The van der Waals surface area contributed by atoms with Crippen molar-refractivity contribution in [3.8, 4) is 0 Å². The summed E-state index contributed by atoms with van der Waals surface area (Å²) in [6.45, 7) is 4.88. The average molecular weight is 392 g/mol. The number of nitrogens with one attached hydrogen (secondary N) is 1. The molecule has 0 atom stereocenters. The summed E-state index contributed by atoms with van der Waals surface area (Å²) in [6.07, 6.45) is 3.21. The first kappa shape index (κ1) is 18.5. The summed E-state index contributed by atoms with van der Waals surface area (Å²) in [4.78, 5) is 14.7. The van der Waals surface area contributed by atoms with Crippen LogP contribution in [0.2, 0.25) is 10.2 Å². The standard InChI is InChI=1S/C18H16Cl2FN5/c1-3-6-26(2)9-11-7-13(21)12(19)8-15(11)24-18-17-14(22-10-23-18)4-5-16(20)25-17/h3-5,7-8,10H,1,6,9H2,2H3,(H,22,23,24). The first-order valence-electron chi connectivity index (χ1n) is 7.79. The van der Waals surface area contributed by atoms with Crippen molar-refractivity contribution in [3.05, 3.63) is 64.8 Å². The van der Waals surface area contributed by atoms with Crippen molar-refractivity contribution < 1.29 is 4.39 Å². The molecule has 5 nitrogen and oxygen atoms in total. The van der Waals surface area contributed by atoms with Crippen molar-refractivity contribution in [2.45, 2.75) is 6.54 Å². The van der Waals surface area contributed by atoms with Gasteiger partial charge in [-0.2, -0.15) is 0 Å². The molecule has 134 valence electrons. The molecular formula is C18H16Cl2FN5. The van der Waals surface area contributed by atoms with E-state index in [4.69, 9.17) is 23.2 Å². The number of nitrogens with zero attached hydrogens (tertiary/aromatic N) is 4. The molecule has 0 bridgehead atoms. The van der Waals surface area contributed by atoms with Crippen LogP contribution in [0.5, 0.6) is 0 Å². The summed E-state index contributed by atoms with van der Waals surface area (Å²) < 4.78 is 14.0. The molecule has 1 N–H and O–H groups in total. The Kier molecular flexibility index (Phi) is 5.66. The van der Waals surface area contributed by atoms with Gasteiger partial charge in [0, 0.05) is 18.8 Å². The van der Waals surface area contributed by atoms with Gasteiger partial charge in [-0.3, -0.25) is 4.90 Å². The van der Waals surface area contributed by atoms with E-state index >= 15 is 0 Å². The Morgan fingerprint density at radius 3 is 2.85 bits per heavy atom. The molecular weight excluding hydrogens is 376 g/mol. The monoisotopic (exact) mass is 391 g/mol. The maximum absolute atomic E-state index is 14.0. The molecule has 8 heteroatoms. The predicted octanol–water partition coefficient (Wildman–Crippen LogP) is 4.83. The second-order valence-electron chi connectivity index (χ2n) is 5.76. The highest BCUT2D eigenvalue weighted by Crippen LogP contribution is 2.29. The lowest BCUT2D eigenvalue weighted by Crippen LogP contribution is -2.18. The maximum Gasteiger partial charge on any atom is 0.160 e. The highest BCUT2D eigenvalue weighted by atomic mass is 35.5. The van der Waals surface area contributed by atoms with Gasteiger partial charge in [0.1, 0.15) is 22.8 Å². The van der Waals surface area contributed by atoms with Gasteiger partial charge in [0.15, 0.2) is 5.82 Å². The molecule has 26 heavy (non-hydrogen) atoms. The molecule has 2 aromatic heterocycles. The van der Waals surface area contributed by atoms with Gasteiger partial charge in [-0.15, -0.1) is 6.58 Å². The fourth-order valence-electron chi connectivity index (χ4n) is 2.55. The van der Waals surface area contributed by atoms with E-state index in [9.17, 15) is 4.39 Å². The molecule has 0 fully saturated rings. The topological polar surface area (TPSA) is 53.9 Å². The summed E-state index contributed by atoms with van der Waals surface area (Å²) in [5.74, 6) is -0.0132. The van der Waals surface area contributed by atoms with Crippen LogP contribution < -0.4 is 5.32 Å². The molecule has 2 heterocycles. The third-order valence-electron chi connectivity index (χ3n) is 3.73. The Labute approximate surface area is 160 Å². The largest absolute Gasteiger partial charge is 0.338 e. The average Bonchev–Trinajstić information content (AvgIpc) is 2.60. The first-order chi connectivity index (χ1) is 12.5. The number of rotatable bonds is 6. The van der Waals surface area contributed by atoms with E-state index < -0.39 is 5.82 Å². The maximum atomic E-state index is 14.0. The van der Waals surface area contributed by atoms with Crippen molar-refractivity contribution in [2.75, 3.05) is 18.9 Å². The molecule has 0 aliphatic heterocycles. The van der Waals surface area contributed by atoms with E-state index in [1.165, 1.54) is 18.5 Å². The minimum atomic E-state index is -0.479. The SMILES string of the molecule is C=CCN(C)Cc1cc(F)c(Cl)cc1Nc1ncnc2ccc(Cl)nc12. The van der Waals surface area contributed by atoms with E-state index in [0.29, 0.717) is 40.8 Å². The third kappa shape index (κ3) is 4.09. The summed E-state index contributed by atoms with van der Waals surface area (Å²) >= 11 is 12.0. The van der Waals surface area contributed by atoms with Crippen LogP contribution in [-0.4, -0.2) is 33.4 Å². The van der Waals surface area contributed by atoms with Gasteiger partial charge < -0.3 is 5.32 Å². The zero-order chi connectivity index (χ0) is 18.7. The number of hydrogen-bond donors (Lipinski definition) is 1. The fourth-order valence-corrected chi connectivity index (χ4v) is 2.86. The second-order valence-corrected chi connectivity index (χ2v) is 6.55. The summed E-state index contributed by atoms with van der Waals surface area (Å²) in [5.41, 5.74) is 2.52. The Hall–Kier alpha value is -2.28. The molecule has 3 rings (SSSR count). The predicted molar refractivity (Wildman–Crippen MR) is 104 cm³/mol. The minimum Gasteiger partial charge on any atom is -0.338 e. The Bertz CT molecular complexity index is 964. The lowest BCUT2D eigenvalue weighted by molar-refractivity contribution is 0.363. The number of anilines is 2. The smallest absolute Gasteiger partial charge is 0.160 e. The number of halogens is 3. The normalized spacial score (nSPS) is 11.1. The van der Waals surface area contributed by atoms with Crippen LogP contribution in [-0.2, 0) is 6.54 Å². The lowest BCUT2D eigenvalue weighted by Gasteiger charge is -2.18. The zero-order valence-corrected chi connectivity index (χ0v) is 15.5. The van der Waals surface area contributed by atoms with Crippen molar-refractivity contribution in [3.63, 3.8) is 0 Å². The van der Waals surface area contributed by atoms with Gasteiger partial charge in [-0.1, -0.05) is 29.3 Å². The molecule has 0 unspecified atom stereocenters. The van der Waals surface area contributed by atoms with E-state index in [-0.39, 0.29) is 5.02 Å². The molecule has 0 aliphatic carbocycles. The highest BCUT2D eigenvalue weighted by Gasteiger charge is 2.13. The van der Waals surface area contributed by atoms with Gasteiger partial charge in [0.05, 0.1) is 10.5 Å². The molecule has 0 saturated carbocycles. The van der Waals surface area contributed by atoms with E-state index in [1.54, 1.807) is 18.2 Å². The van der Waals surface area contributed by atoms with Gasteiger partial charge in [0.25, 0.3) is 0 Å². The van der Waals surface area contributed by atoms with Gasteiger partial charge in [-0.25, -0.2) is 19.3 Å². The molecule has 0 spiro atoms. The summed E-state index contributed by atoms with van der Waals surface area (Å²) in [7, 11) is 1.92. The lowest BCUT2D eigenvalue weighted by atomic mass is 10.1. The van der Waals surface area contributed by atoms with Crippen molar-refractivity contribution >= 4 is 45.7 Å². The van der Waals surface area contributed by atoms with E-state index in [1.807, 2.05) is 11.9 Å². The molecule has 0 aliphatic rings. The molecule has 0 saturated heterocycles. The number of aromatic nitrogens is 3. The number of benzene rings is 1. The minimum absolute atomic E-state index is 0.0203. The molecule has 3 aromatic rings. The first-order valence-corrected chi connectivity index (χ1v) is 8.55. The Balaban J connectivity index is 2.03. The van der Waals surface area contributed by atoms with Crippen molar-refractivity contribution in [1.82, 2.24) is 19.9 Å². The van der Waals surface area contributed by atoms with Gasteiger partial charge in [-0.05, 0) is 36.9 Å². The summed E-state index contributed by atoms with van der Waals surface area (Å²) in [6, 6.07) is 6.36. The van der Waals surface area contributed by atoms with E-state index in [0.717, 1.165) is 5.56 Å². The van der Waals surface area contributed by atoms with Crippen LogP contribution in [0.4, 0.5) is 15.9 Å². The number of hydrogen-bond acceptors (Lipinski definition) is 5. The van der Waals surface area contributed by atoms with Crippen molar-refractivity contribution in [1.29, 1.82) is 0 Å². The highest BCUT2D eigenvalue weighted by molar-refractivity contribution is 6.31. The number of fused-ring (bicyclic) bond motifs is 1. The fraction of sp³-hybridized carbons (Fsp3) is 0.167. The summed E-state index contributed by atoms with van der Waals surface area (Å²) in [5, 5.41) is 3.53. The molecule has 0 amide bonds. The van der Waals surface area contributed by atoms with Crippen LogP contribution in [0.15, 0.2) is 43.2 Å². The third-order valence-corrected chi connectivity index (χ3v) is 4.23. The van der Waals surface area contributed by atoms with Crippen LogP contribution in [0.25, 0.3) is 11.0 Å². The quantitative estimate of drug-likeness (QED) is 0.481.